The molecule has 98 valence electrons. The molecule has 19 heavy (non-hydrogen) atoms. The van der Waals surface area contributed by atoms with E-state index in [0.717, 1.165) is 6.08 Å². The van der Waals surface area contributed by atoms with Gasteiger partial charge < -0.3 is 14.9 Å². The van der Waals surface area contributed by atoms with Crippen molar-refractivity contribution in [1.29, 1.82) is 5.26 Å². The summed E-state index contributed by atoms with van der Waals surface area (Å²) in [7, 11) is 0. The van der Waals surface area contributed by atoms with Crippen LogP contribution in [0.25, 0.3) is 6.08 Å². The number of aromatic hydroxyl groups is 1. The Kier molecular flexibility index (Phi) is 4.66. The number of carboxylic acid groups (broad SMARTS) is 1. The van der Waals surface area contributed by atoms with E-state index in [1.54, 1.807) is 13.0 Å². The lowest BCUT2D eigenvalue weighted by molar-refractivity contribution is -0.137. The summed E-state index contributed by atoms with van der Waals surface area (Å²) in [6.07, 6.45) is 1.08. The normalized spacial score (nSPS) is 10.6. The Bertz CT molecular complexity index is 583. The number of carboxylic acids is 1. The summed E-state index contributed by atoms with van der Waals surface area (Å²) < 4.78 is 4.66. The van der Waals surface area contributed by atoms with Crippen LogP contribution in [-0.2, 0) is 9.53 Å². The molecule has 0 atom stereocenters. The Hall–Kier alpha value is -2.81. The molecule has 0 aliphatic carbocycles. The SMILES string of the molecule is CCOC(=O)/C(C#N)=C/c1cccc(C(=O)O)c1O. The highest BCUT2D eigenvalue weighted by atomic mass is 16.5. The zero-order chi connectivity index (χ0) is 14.4. The third-order valence-corrected chi connectivity index (χ3v) is 2.21. The Morgan fingerprint density at radius 2 is 2.16 bits per heavy atom. The van der Waals surface area contributed by atoms with Gasteiger partial charge in [-0.25, -0.2) is 9.59 Å². The summed E-state index contributed by atoms with van der Waals surface area (Å²) in [5.74, 6) is -2.64. The minimum absolute atomic E-state index is 0.0597. The van der Waals surface area contributed by atoms with Crippen LogP contribution in [0.3, 0.4) is 0 Å². The average Bonchev–Trinajstić information content (AvgIpc) is 2.37. The third kappa shape index (κ3) is 3.33. The van der Waals surface area contributed by atoms with Crippen molar-refractivity contribution >= 4 is 18.0 Å². The lowest BCUT2D eigenvalue weighted by Gasteiger charge is -2.04. The molecule has 0 bridgehead atoms. The molecule has 0 amide bonds. The fourth-order valence-electron chi connectivity index (χ4n) is 1.35. The van der Waals surface area contributed by atoms with Crippen molar-refractivity contribution in [3.05, 3.63) is 34.9 Å². The second-order valence-corrected chi connectivity index (χ2v) is 3.44. The summed E-state index contributed by atoms with van der Waals surface area (Å²) in [6, 6.07) is 5.64. The van der Waals surface area contributed by atoms with Gasteiger partial charge in [0.1, 0.15) is 23.0 Å². The summed E-state index contributed by atoms with van der Waals surface area (Å²) >= 11 is 0. The maximum atomic E-state index is 11.4. The first-order chi connectivity index (χ1) is 9.01. The average molecular weight is 261 g/mol. The number of rotatable bonds is 4. The Labute approximate surface area is 109 Å². The molecular formula is C13H11NO5. The molecule has 0 fully saturated rings. The van der Waals surface area contributed by atoms with Crippen LogP contribution >= 0.6 is 0 Å². The van der Waals surface area contributed by atoms with Crippen LogP contribution in [0.4, 0.5) is 0 Å². The number of hydrogen-bond donors (Lipinski definition) is 2. The van der Waals surface area contributed by atoms with Crippen molar-refractivity contribution in [2.45, 2.75) is 6.92 Å². The van der Waals surface area contributed by atoms with Gasteiger partial charge in [-0.1, -0.05) is 12.1 Å². The first-order valence-corrected chi connectivity index (χ1v) is 5.35. The van der Waals surface area contributed by atoms with Crippen LogP contribution in [0.15, 0.2) is 23.8 Å². The maximum Gasteiger partial charge on any atom is 0.348 e. The summed E-state index contributed by atoms with van der Waals surface area (Å²) in [5.41, 5.74) is -0.570. The third-order valence-electron chi connectivity index (χ3n) is 2.21. The molecule has 0 aromatic heterocycles. The Morgan fingerprint density at radius 1 is 1.47 bits per heavy atom. The molecule has 0 saturated heterocycles. The maximum absolute atomic E-state index is 11.4. The summed E-state index contributed by atoms with van der Waals surface area (Å²) in [5, 5.41) is 27.4. The van der Waals surface area contributed by atoms with E-state index >= 15 is 0 Å². The molecule has 0 saturated carbocycles. The van der Waals surface area contributed by atoms with Crippen LogP contribution in [0.2, 0.25) is 0 Å². The van der Waals surface area contributed by atoms with Gasteiger partial charge in [-0.3, -0.25) is 0 Å². The number of phenols is 1. The van der Waals surface area contributed by atoms with Crippen LogP contribution < -0.4 is 0 Å². The molecule has 1 aromatic carbocycles. The number of nitrogens with zero attached hydrogens (tertiary/aromatic N) is 1. The minimum Gasteiger partial charge on any atom is -0.506 e. The van der Waals surface area contributed by atoms with Gasteiger partial charge in [-0.2, -0.15) is 5.26 Å². The van der Waals surface area contributed by atoms with Crippen molar-refractivity contribution in [2.24, 2.45) is 0 Å². The number of hydrogen-bond acceptors (Lipinski definition) is 5. The molecule has 2 N–H and O–H groups in total. The van der Waals surface area contributed by atoms with E-state index in [2.05, 4.69) is 4.74 Å². The molecular weight excluding hydrogens is 250 g/mol. The van der Waals surface area contributed by atoms with Gasteiger partial charge in [0.05, 0.1) is 6.61 Å². The van der Waals surface area contributed by atoms with E-state index < -0.39 is 17.7 Å². The number of aromatic carboxylic acids is 1. The topological polar surface area (TPSA) is 108 Å². The molecule has 0 heterocycles. The second kappa shape index (κ2) is 6.21. The predicted octanol–water partition coefficient (Wildman–Crippen LogP) is 1.56. The molecule has 0 unspecified atom stereocenters. The molecule has 0 aliphatic heterocycles. The first kappa shape index (κ1) is 14.3. The number of benzene rings is 1. The fraction of sp³-hybridized carbons (Fsp3) is 0.154. The van der Waals surface area contributed by atoms with Crippen LogP contribution in [0, 0.1) is 11.3 Å². The molecule has 1 rings (SSSR count). The van der Waals surface area contributed by atoms with E-state index in [9.17, 15) is 14.7 Å². The number of carbonyl (C=O) groups excluding carboxylic acids is 1. The Morgan fingerprint density at radius 3 is 2.68 bits per heavy atom. The molecule has 0 spiro atoms. The van der Waals surface area contributed by atoms with Gasteiger partial charge >= 0.3 is 11.9 Å². The van der Waals surface area contributed by atoms with E-state index in [1.165, 1.54) is 18.2 Å². The predicted molar refractivity (Wildman–Crippen MR) is 65.3 cm³/mol. The van der Waals surface area contributed by atoms with Gasteiger partial charge in [0.2, 0.25) is 0 Å². The zero-order valence-corrected chi connectivity index (χ0v) is 10.1. The number of esters is 1. The van der Waals surface area contributed by atoms with Crippen molar-refractivity contribution in [3.63, 3.8) is 0 Å². The molecule has 0 radical (unpaired) electrons. The molecule has 6 heteroatoms. The summed E-state index contributed by atoms with van der Waals surface area (Å²) in [4.78, 5) is 22.2. The smallest absolute Gasteiger partial charge is 0.348 e. The summed E-state index contributed by atoms with van der Waals surface area (Å²) in [6.45, 7) is 1.70. The van der Waals surface area contributed by atoms with Gasteiger partial charge in [0.15, 0.2) is 0 Å². The van der Waals surface area contributed by atoms with Crippen LogP contribution in [0.5, 0.6) is 5.75 Å². The van der Waals surface area contributed by atoms with Crippen molar-refractivity contribution in [2.75, 3.05) is 6.61 Å². The quantitative estimate of drug-likeness (QED) is 0.483. The monoisotopic (exact) mass is 261 g/mol. The number of carbonyl (C=O) groups is 2. The Balaban J connectivity index is 3.24. The highest BCUT2D eigenvalue weighted by molar-refractivity contribution is 5.99. The molecule has 0 aliphatic rings. The van der Waals surface area contributed by atoms with E-state index in [0.29, 0.717) is 0 Å². The van der Waals surface area contributed by atoms with Gasteiger partial charge in [-0.15, -0.1) is 0 Å². The zero-order valence-electron chi connectivity index (χ0n) is 10.1. The molecule has 6 nitrogen and oxygen atoms in total. The highest BCUT2D eigenvalue weighted by Crippen LogP contribution is 2.24. The van der Waals surface area contributed by atoms with Crippen molar-refractivity contribution < 1.29 is 24.5 Å². The van der Waals surface area contributed by atoms with Crippen LogP contribution in [-0.4, -0.2) is 28.8 Å². The van der Waals surface area contributed by atoms with Gasteiger partial charge in [0, 0.05) is 5.56 Å². The standard InChI is InChI=1S/C13H11NO5/c1-2-19-13(18)9(7-14)6-8-4-3-5-10(11(8)15)12(16)17/h3-6,15H,2H2,1H3,(H,16,17)/b9-6+. The minimum atomic E-state index is -1.30. The van der Waals surface area contributed by atoms with E-state index in [1.807, 2.05) is 0 Å². The van der Waals surface area contributed by atoms with E-state index in [-0.39, 0.29) is 23.3 Å². The fourth-order valence-corrected chi connectivity index (χ4v) is 1.35. The first-order valence-electron chi connectivity index (χ1n) is 5.35. The van der Waals surface area contributed by atoms with Gasteiger partial charge in [0.25, 0.3) is 0 Å². The van der Waals surface area contributed by atoms with Crippen LogP contribution in [0.1, 0.15) is 22.8 Å². The number of nitriles is 1. The van der Waals surface area contributed by atoms with Crippen molar-refractivity contribution in [3.8, 4) is 11.8 Å². The molecule has 1 aromatic rings. The lowest BCUT2D eigenvalue weighted by atomic mass is 10.1. The number of para-hydroxylation sites is 1. The van der Waals surface area contributed by atoms with Gasteiger partial charge in [-0.05, 0) is 19.1 Å². The van der Waals surface area contributed by atoms with E-state index in [4.69, 9.17) is 10.4 Å². The lowest BCUT2D eigenvalue weighted by Crippen LogP contribution is -2.06. The largest absolute Gasteiger partial charge is 0.506 e. The second-order valence-electron chi connectivity index (χ2n) is 3.44. The highest BCUT2D eigenvalue weighted by Gasteiger charge is 2.15. The number of ether oxygens (including phenoxy) is 1. The van der Waals surface area contributed by atoms with Crippen molar-refractivity contribution in [1.82, 2.24) is 0 Å².